The molecule has 2 aliphatic rings. The summed E-state index contributed by atoms with van der Waals surface area (Å²) >= 11 is 0. The van der Waals surface area contributed by atoms with E-state index in [1.54, 1.807) is 5.19 Å². The van der Waals surface area contributed by atoms with Crippen LogP contribution in [0.25, 0.3) is 17.2 Å². The topological polar surface area (TPSA) is 40.9 Å². The zero-order chi connectivity index (χ0) is 24.9. The van der Waals surface area contributed by atoms with Crippen molar-refractivity contribution in [1.29, 1.82) is 0 Å². The SMILES string of the molecule is CC1=Cc2cc(C(C)(C)C)cc(-c3c(C)c(C([NH])=O)cc4c3[Si](C)(C)[Si](C)(C)[Si]4(C)C)c2C1. The lowest BCUT2D eigenvalue weighted by atomic mass is 9.81. The molecule has 2 nitrogen and oxygen atoms in total. The lowest BCUT2D eigenvalue weighted by Crippen LogP contribution is -2.68. The van der Waals surface area contributed by atoms with Crippen molar-refractivity contribution in [1.82, 2.24) is 5.73 Å². The second-order valence-electron chi connectivity index (χ2n) is 13.1. The van der Waals surface area contributed by atoms with Crippen molar-refractivity contribution >= 4 is 44.6 Å². The van der Waals surface area contributed by atoms with Gasteiger partial charge in [-0.15, -0.1) is 0 Å². The molecule has 0 aromatic heterocycles. The lowest BCUT2D eigenvalue weighted by Gasteiger charge is -2.40. The van der Waals surface area contributed by atoms with Gasteiger partial charge in [-0.05, 0) is 59.1 Å². The first-order valence-electron chi connectivity index (χ1n) is 12.2. The number of hydrogen-bond donors (Lipinski definition) is 0. The standard InChI is InChI=1S/C28H40NOSi3/c1-17-12-19-14-20(28(3,4)5)15-23(22(19)13-17)25-18(2)21(27(29)30)16-24-26(25)32(8,9)33(10,11)31(24,6)7/h12,14-16,29H,13H2,1-11H3. The molecule has 4 rings (SSSR count). The monoisotopic (exact) mass is 490 g/mol. The van der Waals surface area contributed by atoms with E-state index < -0.39 is 28.2 Å². The van der Waals surface area contributed by atoms with E-state index in [0.717, 1.165) is 12.0 Å². The lowest BCUT2D eigenvalue weighted by molar-refractivity contribution is 0.0991. The largest absolute Gasteiger partial charge is 0.269 e. The number of benzene rings is 2. The summed E-state index contributed by atoms with van der Waals surface area (Å²) in [6, 6.07) is 6.98. The smallest absolute Gasteiger partial charge is 0.267 e. The third kappa shape index (κ3) is 3.26. The molecule has 1 aliphatic heterocycles. The minimum Gasteiger partial charge on any atom is -0.267 e. The fourth-order valence-corrected chi connectivity index (χ4v) is 41.0. The van der Waals surface area contributed by atoms with E-state index in [9.17, 15) is 4.79 Å². The highest BCUT2D eigenvalue weighted by Gasteiger charge is 2.61. The van der Waals surface area contributed by atoms with Crippen LogP contribution >= 0.6 is 0 Å². The molecule has 0 fully saturated rings. The fraction of sp³-hybridized carbons (Fsp3) is 0.464. The molecule has 1 N–H and O–H groups in total. The van der Waals surface area contributed by atoms with E-state index >= 15 is 0 Å². The Morgan fingerprint density at radius 2 is 1.55 bits per heavy atom. The van der Waals surface area contributed by atoms with E-state index in [-0.39, 0.29) is 5.41 Å². The van der Waals surface area contributed by atoms with Gasteiger partial charge in [-0.1, -0.05) is 100 Å². The summed E-state index contributed by atoms with van der Waals surface area (Å²) in [7, 11) is -5.01. The van der Waals surface area contributed by atoms with E-state index in [2.05, 4.69) is 98.2 Å². The van der Waals surface area contributed by atoms with Crippen molar-refractivity contribution in [2.45, 2.75) is 85.7 Å². The van der Waals surface area contributed by atoms with Crippen molar-refractivity contribution < 1.29 is 4.79 Å². The number of hydrogen-bond acceptors (Lipinski definition) is 1. The van der Waals surface area contributed by atoms with Crippen molar-refractivity contribution in [3.05, 3.63) is 51.6 Å². The fourth-order valence-electron chi connectivity index (χ4n) is 6.20. The Kier molecular flexibility index (Phi) is 5.30. The van der Waals surface area contributed by atoms with Gasteiger partial charge in [0, 0.05) is 12.7 Å². The summed E-state index contributed by atoms with van der Waals surface area (Å²) < 4.78 is 0. The van der Waals surface area contributed by atoms with Crippen LogP contribution in [0.2, 0.25) is 39.3 Å². The third-order valence-corrected chi connectivity index (χ3v) is 51.1. The van der Waals surface area contributed by atoms with Crippen molar-refractivity contribution in [3.63, 3.8) is 0 Å². The summed E-state index contributed by atoms with van der Waals surface area (Å²) in [4.78, 5) is 12.6. The Morgan fingerprint density at radius 1 is 0.939 bits per heavy atom. The Bertz CT molecular complexity index is 1240. The molecule has 1 radical (unpaired) electrons. The summed E-state index contributed by atoms with van der Waals surface area (Å²) in [5, 5.41) is 3.11. The molecule has 1 heterocycles. The van der Waals surface area contributed by atoms with Crippen LogP contribution in [0.3, 0.4) is 0 Å². The van der Waals surface area contributed by atoms with E-state index in [1.807, 2.05) is 0 Å². The molecule has 0 saturated carbocycles. The highest BCUT2D eigenvalue weighted by molar-refractivity contribution is 7.76. The molecule has 0 bridgehead atoms. The molecule has 0 saturated heterocycles. The van der Waals surface area contributed by atoms with Crippen molar-refractivity contribution in [3.8, 4) is 11.1 Å². The average molecular weight is 491 g/mol. The Balaban J connectivity index is 2.21. The van der Waals surface area contributed by atoms with Gasteiger partial charge in [-0.3, -0.25) is 10.5 Å². The molecule has 0 unspecified atom stereocenters. The number of carbonyl (C=O) groups excluding carboxylic acids is 1. The van der Waals surface area contributed by atoms with Crippen LogP contribution in [0, 0.1) is 6.92 Å². The minimum atomic E-state index is -1.74. The van der Waals surface area contributed by atoms with Crippen molar-refractivity contribution in [2.24, 2.45) is 0 Å². The third-order valence-electron chi connectivity index (χ3n) is 9.53. The first-order valence-corrected chi connectivity index (χ1v) is 23.2. The number of rotatable bonds is 2. The van der Waals surface area contributed by atoms with Gasteiger partial charge in [0.05, 0.1) is 15.2 Å². The average Bonchev–Trinajstić information content (AvgIpc) is 3.09. The first-order chi connectivity index (χ1) is 14.9. The summed E-state index contributed by atoms with van der Waals surface area (Å²) in [5.41, 5.74) is 18.0. The summed E-state index contributed by atoms with van der Waals surface area (Å²) in [5.74, 6) is -0.537. The molecule has 0 atom stereocenters. The molecule has 33 heavy (non-hydrogen) atoms. The second-order valence-corrected chi connectivity index (χ2v) is 40.3. The minimum absolute atomic E-state index is 0.0447. The molecule has 5 heteroatoms. The summed E-state index contributed by atoms with van der Waals surface area (Å²) in [6.07, 6.45) is 3.33. The van der Waals surface area contributed by atoms with E-state index in [1.165, 1.54) is 38.6 Å². The molecule has 2 aromatic carbocycles. The molecule has 2 aromatic rings. The molecule has 175 valence electrons. The Morgan fingerprint density at radius 3 is 2.09 bits per heavy atom. The maximum absolute atomic E-state index is 12.6. The molecule has 1 amide bonds. The van der Waals surface area contributed by atoms with Gasteiger partial charge < -0.3 is 0 Å². The van der Waals surface area contributed by atoms with Gasteiger partial charge in [-0.25, -0.2) is 0 Å². The van der Waals surface area contributed by atoms with Crippen LogP contribution in [0.15, 0.2) is 23.8 Å². The number of carbonyl (C=O) groups is 1. The van der Waals surface area contributed by atoms with Gasteiger partial charge in [0.25, 0.3) is 5.91 Å². The van der Waals surface area contributed by atoms with Gasteiger partial charge in [0.15, 0.2) is 0 Å². The maximum atomic E-state index is 12.6. The molecule has 0 spiro atoms. The van der Waals surface area contributed by atoms with Gasteiger partial charge in [0.1, 0.15) is 0 Å². The van der Waals surface area contributed by atoms with Crippen molar-refractivity contribution in [2.75, 3.05) is 0 Å². The van der Waals surface area contributed by atoms with E-state index in [0.29, 0.717) is 5.56 Å². The van der Waals surface area contributed by atoms with Crippen LogP contribution < -0.4 is 16.1 Å². The van der Waals surface area contributed by atoms with Crippen LogP contribution in [0.1, 0.15) is 60.3 Å². The predicted octanol–water partition coefficient (Wildman–Crippen LogP) is 6.05. The zero-order valence-electron chi connectivity index (χ0n) is 22.4. The second kappa shape index (κ2) is 7.15. The molecular formula is C28H40NOSi3. The van der Waals surface area contributed by atoms with Crippen LogP contribution in [-0.2, 0) is 11.8 Å². The molecule has 1 aliphatic carbocycles. The van der Waals surface area contributed by atoms with Gasteiger partial charge >= 0.3 is 0 Å². The number of allylic oxidation sites excluding steroid dienone is 1. The van der Waals surface area contributed by atoms with Crippen LogP contribution in [-0.4, -0.2) is 28.2 Å². The zero-order valence-corrected chi connectivity index (χ0v) is 25.4. The number of fused-ring (bicyclic) bond motifs is 2. The quantitative estimate of drug-likeness (QED) is 0.472. The highest BCUT2D eigenvalue weighted by atomic mass is 29.6. The Labute approximate surface area is 203 Å². The van der Waals surface area contributed by atoms with E-state index in [4.69, 9.17) is 5.73 Å². The van der Waals surface area contributed by atoms with Crippen LogP contribution in [0.5, 0.6) is 0 Å². The first kappa shape index (κ1) is 24.4. The predicted molar refractivity (Wildman–Crippen MR) is 152 cm³/mol. The Hall–Kier alpha value is -1.70. The number of nitrogens with one attached hydrogen (secondary N) is 1. The summed E-state index contributed by atoms with van der Waals surface area (Å²) in [6.45, 7) is 26.7. The normalized spacial score (nSPS) is 19.8. The molecular weight excluding hydrogens is 451 g/mol. The van der Waals surface area contributed by atoms with Gasteiger partial charge in [0.2, 0.25) is 0 Å². The highest BCUT2D eigenvalue weighted by Crippen LogP contribution is 2.43. The van der Waals surface area contributed by atoms with Crippen LogP contribution in [0.4, 0.5) is 0 Å². The van der Waals surface area contributed by atoms with Gasteiger partial charge in [-0.2, -0.15) is 0 Å². The number of amides is 1. The maximum Gasteiger partial charge on any atom is 0.269 e.